The third-order valence-electron chi connectivity index (χ3n) is 3.17. The van der Waals surface area contributed by atoms with Crippen LogP contribution in [0.25, 0.3) is 10.9 Å². The molecule has 3 nitrogen and oxygen atoms in total. The van der Waals surface area contributed by atoms with Gasteiger partial charge in [0.25, 0.3) is 0 Å². The molecule has 0 N–H and O–H groups in total. The molecule has 3 heteroatoms. The molecule has 0 aliphatic heterocycles. The first-order valence-corrected chi connectivity index (χ1v) is 6.55. The van der Waals surface area contributed by atoms with Crippen molar-refractivity contribution in [2.75, 3.05) is 0 Å². The van der Waals surface area contributed by atoms with E-state index in [9.17, 15) is 4.79 Å². The van der Waals surface area contributed by atoms with Crippen LogP contribution in [0.5, 0.6) is 0 Å². The summed E-state index contributed by atoms with van der Waals surface area (Å²) in [6.07, 6.45) is 6.05. The van der Waals surface area contributed by atoms with Gasteiger partial charge >= 0.3 is 0 Å². The van der Waals surface area contributed by atoms with Gasteiger partial charge < -0.3 is 0 Å². The number of pyridine rings is 2. The molecule has 1 aromatic carbocycles. The van der Waals surface area contributed by atoms with Crippen LogP contribution < -0.4 is 0 Å². The maximum atomic E-state index is 12.1. The Hall–Kier alpha value is -2.55. The molecule has 2 aromatic heterocycles. The van der Waals surface area contributed by atoms with Crippen LogP contribution >= 0.6 is 0 Å². The molecule has 0 aliphatic rings. The van der Waals surface area contributed by atoms with Crippen LogP contribution in [0.1, 0.15) is 11.1 Å². The molecular weight excluding hydrogens is 248 g/mol. The summed E-state index contributed by atoms with van der Waals surface area (Å²) in [5.41, 5.74) is 2.86. The predicted molar refractivity (Wildman–Crippen MR) is 78.4 cm³/mol. The number of benzene rings is 1. The summed E-state index contributed by atoms with van der Waals surface area (Å²) in [5.74, 6) is 0.176. The number of Topliss-reactive ketones (excluding diaryl/α,β-unsaturated/α-hetero) is 1. The van der Waals surface area contributed by atoms with Gasteiger partial charge in [-0.2, -0.15) is 0 Å². The van der Waals surface area contributed by atoms with Crippen molar-refractivity contribution < 1.29 is 4.79 Å². The van der Waals surface area contributed by atoms with Gasteiger partial charge in [0.05, 0.1) is 5.52 Å². The monoisotopic (exact) mass is 262 g/mol. The standard InChI is InChI=1S/C17H14N2O/c20-16(9-13-4-3-7-18-11-13)10-14-8-15-5-1-2-6-17(15)19-12-14/h1-8,11-12H,9-10H2. The molecule has 0 atom stereocenters. The second-order valence-electron chi connectivity index (χ2n) is 4.79. The average molecular weight is 262 g/mol. The van der Waals surface area contributed by atoms with Crippen molar-refractivity contribution >= 4 is 16.7 Å². The molecule has 20 heavy (non-hydrogen) atoms. The van der Waals surface area contributed by atoms with E-state index in [0.29, 0.717) is 12.8 Å². The minimum Gasteiger partial charge on any atom is -0.299 e. The van der Waals surface area contributed by atoms with Crippen molar-refractivity contribution in [3.8, 4) is 0 Å². The van der Waals surface area contributed by atoms with Gasteiger partial charge in [-0.15, -0.1) is 0 Å². The Kier molecular flexibility index (Phi) is 3.50. The van der Waals surface area contributed by atoms with E-state index in [4.69, 9.17) is 0 Å². The summed E-state index contributed by atoms with van der Waals surface area (Å²) in [4.78, 5) is 20.5. The molecule has 98 valence electrons. The van der Waals surface area contributed by atoms with Gasteiger partial charge in [0.15, 0.2) is 0 Å². The highest BCUT2D eigenvalue weighted by Crippen LogP contribution is 2.13. The SMILES string of the molecule is O=C(Cc1cccnc1)Cc1cnc2ccccc2c1. The number of para-hydroxylation sites is 1. The average Bonchev–Trinajstić information content (AvgIpc) is 2.48. The van der Waals surface area contributed by atoms with Crippen molar-refractivity contribution in [2.24, 2.45) is 0 Å². The van der Waals surface area contributed by atoms with Crippen LogP contribution in [-0.2, 0) is 17.6 Å². The van der Waals surface area contributed by atoms with Crippen molar-refractivity contribution in [3.63, 3.8) is 0 Å². The maximum absolute atomic E-state index is 12.1. The molecule has 0 saturated carbocycles. The molecule has 0 saturated heterocycles. The zero-order valence-corrected chi connectivity index (χ0v) is 11.0. The molecule has 0 bridgehead atoms. The first-order chi connectivity index (χ1) is 9.81. The maximum Gasteiger partial charge on any atom is 0.141 e. The summed E-state index contributed by atoms with van der Waals surface area (Å²) in [5, 5.41) is 1.07. The van der Waals surface area contributed by atoms with E-state index >= 15 is 0 Å². The van der Waals surface area contributed by atoms with Crippen molar-refractivity contribution in [1.82, 2.24) is 9.97 Å². The van der Waals surface area contributed by atoms with E-state index < -0.39 is 0 Å². The number of carbonyl (C=O) groups excluding carboxylic acids is 1. The van der Waals surface area contributed by atoms with Crippen molar-refractivity contribution in [2.45, 2.75) is 12.8 Å². The first-order valence-electron chi connectivity index (χ1n) is 6.55. The lowest BCUT2D eigenvalue weighted by atomic mass is 10.0. The number of hydrogen-bond donors (Lipinski definition) is 0. The molecule has 3 aromatic rings. The van der Waals surface area contributed by atoms with E-state index in [1.54, 1.807) is 18.6 Å². The van der Waals surface area contributed by atoms with E-state index in [2.05, 4.69) is 9.97 Å². The van der Waals surface area contributed by atoms with Crippen LogP contribution in [0.2, 0.25) is 0 Å². The lowest BCUT2D eigenvalue weighted by molar-refractivity contribution is -0.117. The fourth-order valence-corrected chi connectivity index (χ4v) is 2.23. The predicted octanol–water partition coefficient (Wildman–Crippen LogP) is 2.98. The Labute approximate surface area is 117 Å². The highest BCUT2D eigenvalue weighted by molar-refractivity contribution is 5.85. The Morgan fingerprint density at radius 3 is 2.65 bits per heavy atom. The molecule has 0 spiro atoms. The number of fused-ring (bicyclic) bond motifs is 1. The smallest absolute Gasteiger partial charge is 0.141 e. The van der Waals surface area contributed by atoms with Gasteiger partial charge in [0, 0.05) is 36.8 Å². The topological polar surface area (TPSA) is 42.9 Å². The molecule has 0 radical (unpaired) electrons. The molecule has 0 fully saturated rings. The summed E-state index contributed by atoms with van der Waals surface area (Å²) < 4.78 is 0. The van der Waals surface area contributed by atoms with Gasteiger partial charge in [-0.25, -0.2) is 0 Å². The van der Waals surface area contributed by atoms with Crippen LogP contribution in [-0.4, -0.2) is 15.8 Å². The Morgan fingerprint density at radius 2 is 1.80 bits per heavy atom. The fraction of sp³-hybridized carbons (Fsp3) is 0.118. The lowest BCUT2D eigenvalue weighted by Crippen LogP contribution is -2.07. The molecule has 2 heterocycles. The minimum absolute atomic E-state index is 0.176. The number of aromatic nitrogens is 2. The van der Waals surface area contributed by atoms with Gasteiger partial charge in [-0.1, -0.05) is 24.3 Å². The van der Waals surface area contributed by atoms with E-state index in [1.807, 2.05) is 42.5 Å². The zero-order valence-electron chi connectivity index (χ0n) is 11.0. The lowest BCUT2D eigenvalue weighted by Gasteiger charge is -2.03. The van der Waals surface area contributed by atoms with Gasteiger partial charge in [0.2, 0.25) is 0 Å². The number of ketones is 1. The van der Waals surface area contributed by atoms with Crippen LogP contribution in [0.3, 0.4) is 0 Å². The second kappa shape index (κ2) is 5.61. The summed E-state index contributed by atoms with van der Waals surface area (Å²) >= 11 is 0. The van der Waals surface area contributed by atoms with Crippen LogP contribution in [0.15, 0.2) is 61.1 Å². The summed E-state index contributed by atoms with van der Waals surface area (Å²) in [7, 11) is 0. The number of carbonyl (C=O) groups is 1. The quantitative estimate of drug-likeness (QED) is 0.726. The number of rotatable bonds is 4. The van der Waals surface area contributed by atoms with Crippen LogP contribution in [0.4, 0.5) is 0 Å². The molecule has 0 aliphatic carbocycles. The Balaban J connectivity index is 1.74. The van der Waals surface area contributed by atoms with Crippen molar-refractivity contribution in [3.05, 3.63) is 72.2 Å². The van der Waals surface area contributed by atoms with Crippen LogP contribution in [0, 0.1) is 0 Å². The Bertz CT molecular complexity index is 738. The number of nitrogens with zero attached hydrogens (tertiary/aromatic N) is 2. The van der Waals surface area contributed by atoms with E-state index in [0.717, 1.165) is 22.0 Å². The number of hydrogen-bond acceptors (Lipinski definition) is 3. The molecular formula is C17H14N2O. The Morgan fingerprint density at radius 1 is 0.950 bits per heavy atom. The van der Waals surface area contributed by atoms with Gasteiger partial charge in [-0.05, 0) is 29.3 Å². The summed E-state index contributed by atoms with van der Waals surface area (Å²) in [6.45, 7) is 0. The van der Waals surface area contributed by atoms with E-state index in [1.165, 1.54) is 0 Å². The second-order valence-corrected chi connectivity index (χ2v) is 4.79. The minimum atomic E-state index is 0.176. The molecule has 0 unspecified atom stereocenters. The third-order valence-corrected chi connectivity index (χ3v) is 3.17. The van der Waals surface area contributed by atoms with Gasteiger partial charge in [0.1, 0.15) is 5.78 Å². The largest absolute Gasteiger partial charge is 0.299 e. The molecule has 0 amide bonds. The zero-order chi connectivity index (χ0) is 13.8. The van der Waals surface area contributed by atoms with Crippen molar-refractivity contribution in [1.29, 1.82) is 0 Å². The first kappa shape index (κ1) is 12.5. The fourth-order valence-electron chi connectivity index (χ4n) is 2.23. The highest BCUT2D eigenvalue weighted by atomic mass is 16.1. The summed E-state index contributed by atoms with van der Waals surface area (Å²) in [6, 6.07) is 13.7. The normalized spacial score (nSPS) is 10.6. The third kappa shape index (κ3) is 2.88. The highest BCUT2D eigenvalue weighted by Gasteiger charge is 2.06. The van der Waals surface area contributed by atoms with E-state index in [-0.39, 0.29) is 5.78 Å². The van der Waals surface area contributed by atoms with Gasteiger partial charge in [-0.3, -0.25) is 14.8 Å². The molecule has 3 rings (SSSR count).